The Morgan fingerprint density at radius 3 is 2.25 bits per heavy atom. The van der Waals surface area contributed by atoms with Gasteiger partial charge in [0.25, 0.3) is 0 Å². The number of esters is 1. The second-order valence-electron chi connectivity index (χ2n) is 7.59. The average molecular weight is 338 g/mol. The summed E-state index contributed by atoms with van der Waals surface area (Å²) in [7, 11) is 0. The van der Waals surface area contributed by atoms with Gasteiger partial charge in [0.2, 0.25) is 5.92 Å². The molecule has 1 aromatic carbocycles. The largest absolute Gasteiger partial charge is 0.460 e. The molecule has 1 fully saturated rings. The first-order chi connectivity index (χ1) is 11.0. The van der Waals surface area contributed by atoms with Gasteiger partial charge in [0.15, 0.2) is 5.78 Å². The van der Waals surface area contributed by atoms with Gasteiger partial charge in [-0.2, -0.15) is 0 Å². The van der Waals surface area contributed by atoms with E-state index >= 15 is 0 Å². The molecule has 1 aliphatic rings. The van der Waals surface area contributed by atoms with Gasteiger partial charge in [-0.1, -0.05) is 30.3 Å². The fraction of sp³-hybridized carbons (Fsp3) is 0.579. The molecule has 24 heavy (non-hydrogen) atoms. The molecule has 2 rings (SSSR count). The minimum atomic E-state index is -2.86. The minimum absolute atomic E-state index is 0.0358. The molecule has 0 heterocycles. The summed E-state index contributed by atoms with van der Waals surface area (Å²) in [6.07, 6.45) is -0.676. The Labute approximate surface area is 141 Å². The second-order valence-corrected chi connectivity index (χ2v) is 7.59. The maximum Gasteiger partial charge on any atom is 0.306 e. The van der Waals surface area contributed by atoms with Gasteiger partial charge in [-0.3, -0.25) is 9.59 Å². The lowest BCUT2D eigenvalue weighted by Crippen LogP contribution is -2.32. The first-order valence-electron chi connectivity index (χ1n) is 8.23. The van der Waals surface area contributed by atoms with Crippen LogP contribution in [0.25, 0.3) is 0 Å². The van der Waals surface area contributed by atoms with Crippen LogP contribution in [0.5, 0.6) is 0 Å². The van der Waals surface area contributed by atoms with E-state index in [1.54, 1.807) is 51.1 Å². The molecule has 0 saturated heterocycles. The number of Topliss-reactive ketones (excluding diaryl/α,β-unsaturated/α-hetero) is 1. The maximum absolute atomic E-state index is 13.8. The highest BCUT2D eigenvalue weighted by Gasteiger charge is 2.53. The van der Waals surface area contributed by atoms with E-state index in [4.69, 9.17) is 4.74 Å². The number of rotatable bonds is 5. The van der Waals surface area contributed by atoms with Crippen molar-refractivity contribution in [1.29, 1.82) is 0 Å². The first kappa shape index (κ1) is 18.6. The van der Waals surface area contributed by atoms with Crippen LogP contribution in [0, 0.1) is 5.41 Å². The molecular weight excluding hydrogens is 314 g/mol. The van der Waals surface area contributed by atoms with Gasteiger partial charge >= 0.3 is 5.97 Å². The predicted octanol–water partition coefficient (Wildman–Crippen LogP) is 4.80. The summed E-state index contributed by atoms with van der Waals surface area (Å²) in [6, 6.07) is 8.46. The number of halogens is 2. The molecule has 1 atom stereocenters. The molecule has 1 unspecified atom stereocenters. The molecule has 0 N–H and O–H groups in total. The smallest absolute Gasteiger partial charge is 0.306 e. The van der Waals surface area contributed by atoms with Gasteiger partial charge in [0.05, 0.1) is 0 Å². The lowest BCUT2D eigenvalue weighted by molar-refractivity contribution is -0.155. The molecule has 1 aromatic rings. The topological polar surface area (TPSA) is 43.4 Å². The van der Waals surface area contributed by atoms with Crippen LogP contribution >= 0.6 is 0 Å². The van der Waals surface area contributed by atoms with E-state index in [-0.39, 0.29) is 31.5 Å². The summed E-state index contributed by atoms with van der Waals surface area (Å²) < 4.78 is 32.9. The molecule has 132 valence electrons. The van der Waals surface area contributed by atoms with E-state index in [1.807, 2.05) is 0 Å². The van der Waals surface area contributed by atoms with E-state index < -0.39 is 29.3 Å². The number of carbonyl (C=O) groups excluding carboxylic acids is 2. The third-order valence-corrected chi connectivity index (χ3v) is 4.31. The van der Waals surface area contributed by atoms with Crippen molar-refractivity contribution in [3.63, 3.8) is 0 Å². The molecule has 0 aliphatic heterocycles. The zero-order valence-corrected chi connectivity index (χ0v) is 14.4. The van der Waals surface area contributed by atoms with Crippen LogP contribution in [0.1, 0.15) is 63.2 Å². The summed E-state index contributed by atoms with van der Waals surface area (Å²) >= 11 is 0. The zero-order chi connectivity index (χ0) is 18.0. The third-order valence-electron chi connectivity index (χ3n) is 4.31. The number of hydrogen-bond acceptors (Lipinski definition) is 3. The van der Waals surface area contributed by atoms with E-state index in [1.165, 1.54) is 0 Å². The Kier molecular flexibility index (Phi) is 5.11. The lowest BCUT2D eigenvalue weighted by Gasteiger charge is -2.28. The fourth-order valence-electron chi connectivity index (χ4n) is 3.24. The Morgan fingerprint density at radius 2 is 1.75 bits per heavy atom. The highest BCUT2D eigenvalue weighted by Crippen LogP contribution is 2.51. The Morgan fingerprint density at radius 1 is 1.12 bits per heavy atom. The minimum Gasteiger partial charge on any atom is -0.460 e. The Hall–Kier alpha value is -1.78. The lowest BCUT2D eigenvalue weighted by atomic mass is 9.75. The Bertz CT molecular complexity index is 605. The van der Waals surface area contributed by atoms with Crippen LogP contribution in [0.15, 0.2) is 30.3 Å². The zero-order valence-electron chi connectivity index (χ0n) is 14.4. The van der Waals surface area contributed by atoms with E-state index in [0.29, 0.717) is 5.56 Å². The summed E-state index contributed by atoms with van der Waals surface area (Å²) in [5.74, 6) is -3.62. The van der Waals surface area contributed by atoms with Crippen molar-refractivity contribution in [2.45, 2.75) is 64.4 Å². The standard InChI is InChI=1S/C19H24F2O3/c1-17(2,3)24-15(22)9-10-18(11-12-19(20,21)13-18)16(23)14-7-5-4-6-8-14/h4-8H,9-13H2,1-3H3. The van der Waals surface area contributed by atoms with Crippen LogP contribution in [0.2, 0.25) is 0 Å². The maximum atomic E-state index is 13.8. The number of hydrogen-bond donors (Lipinski definition) is 0. The molecule has 1 aliphatic carbocycles. The van der Waals surface area contributed by atoms with Gasteiger partial charge in [-0.25, -0.2) is 8.78 Å². The SMILES string of the molecule is CC(C)(C)OC(=O)CCC1(C(=O)c2ccccc2)CCC(F)(F)C1. The van der Waals surface area contributed by atoms with Gasteiger partial charge < -0.3 is 4.74 Å². The summed E-state index contributed by atoms with van der Waals surface area (Å²) in [5.41, 5.74) is -1.41. The number of alkyl halides is 2. The third kappa shape index (κ3) is 4.62. The van der Waals surface area contributed by atoms with Crippen molar-refractivity contribution in [2.75, 3.05) is 0 Å². The van der Waals surface area contributed by atoms with Crippen LogP contribution in [-0.4, -0.2) is 23.3 Å². The molecule has 0 aromatic heterocycles. The second kappa shape index (κ2) is 6.61. The molecule has 0 amide bonds. The molecule has 0 radical (unpaired) electrons. The summed E-state index contributed by atoms with van der Waals surface area (Å²) in [6.45, 7) is 5.25. The Balaban J connectivity index is 2.17. The molecule has 0 spiro atoms. The summed E-state index contributed by atoms with van der Waals surface area (Å²) in [4.78, 5) is 24.8. The number of benzene rings is 1. The van der Waals surface area contributed by atoms with E-state index in [2.05, 4.69) is 0 Å². The fourth-order valence-corrected chi connectivity index (χ4v) is 3.24. The molecular formula is C19H24F2O3. The van der Waals surface area contributed by atoms with Crippen molar-refractivity contribution >= 4 is 11.8 Å². The number of ether oxygens (including phenoxy) is 1. The van der Waals surface area contributed by atoms with Crippen LogP contribution in [0.4, 0.5) is 8.78 Å². The van der Waals surface area contributed by atoms with Crippen LogP contribution in [-0.2, 0) is 9.53 Å². The first-order valence-corrected chi connectivity index (χ1v) is 8.23. The molecule has 0 bridgehead atoms. The molecule has 1 saturated carbocycles. The van der Waals surface area contributed by atoms with Crippen molar-refractivity contribution < 1.29 is 23.1 Å². The van der Waals surface area contributed by atoms with Crippen molar-refractivity contribution in [1.82, 2.24) is 0 Å². The predicted molar refractivity (Wildman–Crippen MR) is 87.1 cm³/mol. The highest BCUT2D eigenvalue weighted by molar-refractivity contribution is 6.01. The molecule has 5 heteroatoms. The summed E-state index contributed by atoms with van der Waals surface area (Å²) in [5, 5.41) is 0. The highest BCUT2D eigenvalue weighted by atomic mass is 19.3. The van der Waals surface area contributed by atoms with Gasteiger partial charge in [0.1, 0.15) is 5.60 Å². The van der Waals surface area contributed by atoms with Gasteiger partial charge in [0, 0.05) is 30.2 Å². The van der Waals surface area contributed by atoms with Gasteiger partial charge in [-0.15, -0.1) is 0 Å². The number of carbonyl (C=O) groups is 2. The van der Waals surface area contributed by atoms with Crippen LogP contribution in [0.3, 0.4) is 0 Å². The normalized spacial score (nSPS) is 23.0. The van der Waals surface area contributed by atoms with E-state index in [9.17, 15) is 18.4 Å². The number of ketones is 1. The molecule has 3 nitrogen and oxygen atoms in total. The van der Waals surface area contributed by atoms with Crippen molar-refractivity contribution in [3.8, 4) is 0 Å². The van der Waals surface area contributed by atoms with Gasteiger partial charge in [-0.05, 0) is 33.6 Å². The van der Waals surface area contributed by atoms with Crippen molar-refractivity contribution in [2.24, 2.45) is 5.41 Å². The van der Waals surface area contributed by atoms with E-state index in [0.717, 1.165) is 0 Å². The monoisotopic (exact) mass is 338 g/mol. The van der Waals surface area contributed by atoms with Crippen LogP contribution < -0.4 is 0 Å². The quantitative estimate of drug-likeness (QED) is 0.572. The average Bonchev–Trinajstić information content (AvgIpc) is 2.80. The van der Waals surface area contributed by atoms with Crippen molar-refractivity contribution in [3.05, 3.63) is 35.9 Å².